The number of thiazole rings is 1. The van der Waals surface area contributed by atoms with Gasteiger partial charge in [-0.15, -0.1) is 11.3 Å². The number of fused-ring (bicyclic) bond motifs is 1. The maximum Gasteiger partial charge on any atom is 0.240 e. The Morgan fingerprint density at radius 3 is 2.83 bits per heavy atom. The van der Waals surface area contributed by atoms with E-state index in [1.165, 1.54) is 43.4 Å². The van der Waals surface area contributed by atoms with E-state index in [9.17, 15) is 8.42 Å². The maximum absolute atomic E-state index is 12.3. The highest BCUT2D eigenvalue weighted by atomic mass is 32.2. The lowest BCUT2D eigenvalue weighted by molar-refractivity contribution is 0.343. The fourth-order valence-electron chi connectivity index (χ4n) is 3.06. The van der Waals surface area contributed by atoms with Gasteiger partial charge in [-0.3, -0.25) is 0 Å². The fraction of sp³-hybridized carbons (Fsp3) is 0.562. The number of sulfonamides is 1. The normalized spacial score (nSPS) is 16.9. The minimum atomic E-state index is -3.45. The molecule has 23 heavy (non-hydrogen) atoms. The molecule has 3 rings (SSSR count). The molecule has 1 heterocycles. The van der Waals surface area contributed by atoms with Crippen molar-refractivity contribution in [3.05, 3.63) is 23.7 Å². The van der Waals surface area contributed by atoms with Crippen molar-refractivity contribution >= 4 is 31.6 Å². The largest absolute Gasteiger partial charge is 0.315 e. The quantitative estimate of drug-likeness (QED) is 0.751. The van der Waals surface area contributed by atoms with Crippen molar-refractivity contribution in [2.45, 2.75) is 37.0 Å². The lowest BCUT2D eigenvalue weighted by Crippen LogP contribution is -2.34. The average Bonchev–Trinajstić information content (AvgIpc) is 3.03. The first kappa shape index (κ1) is 16.8. The van der Waals surface area contributed by atoms with Crippen LogP contribution in [-0.2, 0) is 10.0 Å². The SMILES string of the molecule is O=S(=O)(NCCNCC1CCCCC1)c1ccc2ncsc2c1. The van der Waals surface area contributed by atoms with Crippen LogP contribution in [0.3, 0.4) is 0 Å². The maximum atomic E-state index is 12.3. The third-order valence-corrected chi connectivity index (χ3v) is 6.62. The first-order valence-corrected chi connectivity index (χ1v) is 10.5. The summed E-state index contributed by atoms with van der Waals surface area (Å²) in [7, 11) is -3.45. The van der Waals surface area contributed by atoms with Crippen molar-refractivity contribution in [1.29, 1.82) is 0 Å². The Bertz CT molecular complexity index is 737. The van der Waals surface area contributed by atoms with E-state index in [1.807, 2.05) is 0 Å². The van der Waals surface area contributed by atoms with Crippen molar-refractivity contribution in [3.63, 3.8) is 0 Å². The minimum Gasteiger partial charge on any atom is -0.315 e. The summed E-state index contributed by atoms with van der Waals surface area (Å²) in [5, 5.41) is 3.37. The van der Waals surface area contributed by atoms with Crippen LogP contribution in [0.15, 0.2) is 28.6 Å². The van der Waals surface area contributed by atoms with E-state index in [2.05, 4.69) is 15.0 Å². The second-order valence-electron chi connectivity index (χ2n) is 6.09. The standard InChI is InChI=1S/C16H23N3O2S2/c20-23(21,14-6-7-15-16(10-14)22-12-18-15)19-9-8-17-11-13-4-2-1-3-5-13/h6-7,10,12-13,17,19H,1-5,8-9,11H2. The highest BCUT2D eigenvalue weighted by Crippen LogP contribution is 2.23. The molecule has 0 radical (unpaired) electrons. The van der Waals surface area contributed by atoms with E-state index in [0.717, 1.165) is 22.7 Å². The van der Waals surface area contributed by atoms with Gasteiger partial charge < -0.3 is 5.32 Å². The Morgan fingerprint density at radius 1 is 1.17 bits per heavy atom. The highest BCUT2D eigenvalue weighted by Gasteiger charge is 2.15. The summed E-state index contributed by atoms with van der Waals surface area (Å²) in [6, 6.07) is 5.05. The molecule has 126 valence electrons. The number of hydrogen-bond acceptors (Lipinski definition) is 5. The van der Waals surface area contributed by atoms with Crippen LogP contribution in [-0.4, -0.2) is 33.0 Å². The van der Waals surface area contributed by atoms with E-state index in [0.29, 0.717) is 18.0 Å². The van der Waals surface area contributed by atoms with Crippen LogP contribution in [0.2, 0.25) is 0 Å². The van der Waals surface area contributed by atoms with Gasteiger partial charge in [-0.25, -0.2) is 18.1 Å². The van der Waals surface area contributed by atoms with Crippen molar-refractivity contribution in [3.8, 4) is 0 Å². The molecular weight excluding hydrogens is 330 g/mol. The van der Waals surface area contributed by atoms with Crippen LogP contribution in [0.25, 0.3) is 10.2 Å². The Hall–Kier alpha value is -1.02. The summed E-state index contributed by atoms with van der Waals surface area (Å²) in [6.07, 6.45) is 6.62. The molecule has 1 aliphatic rings. The second kappa shape index (κ2) is 7.70. The third-order valence-electron chi connectivity index (χ3n) is 4.36. The monoisotopic (exact) mass is 353 g/mol. The number of aromatic nitrogens is 1. The number of nitrogens with one attached hydrogen (secondary N) is 2. The van der Waals surface area contributed by atoms with Gasteiger partial charge in [0.05, 0.1) is 20.6 Å². The number of hydrogen-bond donors (Lipinski definition) is 2. The lowest BCUT2D eigenvalue weighted by atomic mass is 9.89. The number of rotatable bonds is 7. The summed E-state index contributed by atoms with van der Waals surface area (Å²) in [5.41, 5.74) is 2.56. The summed E-state index contributed by atoms with van der Waals surface area (Å²) >= 11 is 1.45. The van der Waals surface area contributed by atoms with Crippen LogP contribution in [0.1, 0.15) is 32.1 Å². The molecule has 1 aromatic carbocycles. The zero-order chi connectivity index (χ0) is 16.1. The van der Waals surface area contributed by atoms with Crippen molar-refractivity contribution < 1.29 is 8.42 Å². The van der Waals surface area contributed by atoms with Crippen LogP contribution in [0.4, 0.5) is 0 Å². The first-order chi connectivity index (χ1) is 11.1. The van der Waals surface area contributed by atoms with E-state index >= 15 is 0 Å². The summed E-state index contributed by atoms with van der Waals surface area (Å²) in [5.74, 6) is 0.758. The molecule has 1 saturated carbocycles. The Labute approximate surface area is 141 Å². The molecule has 0 atom stereocenters. The van der Waals surface area contributed by atoms with Gasteiger partial charge in [-0.2, -0.15) is 0 Å². The second-order valence-corrected chi connectivity index (χ2v) is 8.74. The average molecular weight is 354 g/mol. The zero-order valence-electron chi connectivity index (χ0n) is 13.1. The van der Waals surface area contributed by atoms with Gasteiger partial charge in [0, 0.05) is 13.1 Å². The van der Waals surface area contributed by atoms with Gasteiger partial charge in [0.1, 0.15) is 0 Å². The topological polar surface area (TPSA) is 71.1 Å². The number of benzene rings is 1. The molecule has 1 aromatic heterocycles. The Balaban J connectivity index is 1.46. The molecule has 2 aromatic rings. The van der Waals surface area contributed by atoms with Crippen molar-refractivity contribution in [1.82, 2.24) is 15.0 Å². The first-order valence-electron chi connectivity index (χ1n) is 8.19. The van der Waals surface area contributed by atoms with Gasteiger partial charge in [0.25, 0.3) is 0 Å². The molecule has 0 bridgehead atoms. The van der Waals surface area contributed by atoms with Gasteiger partial charge in [0.2, 0.25) is 10.0 Å². The summed E-state index contributed by atoms with van der Waals surface area (Å²) in [6.45, 7) is 2.07. The van der Waals surface area contributed by atoms with Crippen molar-refractivity contribution in [2.75, 3.05) is 19.6 Å². The van der Waals surface area contributed by atoms with Gasteiger partial charge in [0.15, 0.2) is 0 Å². The highest BCUT2D eigenvalue weighted by molar-refractivity contribution is 7.89. The molecule has 1 aliphatic carbocycles. The van der Waals surface area contributed by atoms with Crippen LogP contribution in [0.5, 0.6) is 0 Å². The summed E-state index contributed by atoms with van der Waals surface area (Å²) in [4.78, 5) is 4.47. The van der Waals surface area contributed by atoms with E-state index < -0.39 is 10.0 Å². The molecule has 0 unspecified atom stereocenters. The molecule has 0 spiro atoms. The van der Waals surface area contributed by atoms with Crippen LogP contribution < -0.4 is 10.0 Å². The molecule has 0 amide bonds. The molecule has 7 heteroatoms. The zero-order valence-corrected chi connectivity index (χ0v) is 14.8. The predicted molar refractivity (Wildman–Crippen MR) is 94.3 cm³/mol. The smallest absolute Gasteiger partial charge is 0.240 e. The van der Waals surface area contributed by atoms with Crippen molar-refractivity contribution in [2.24, 2.45) is 5.92 Å². The van der Waals surface area contributed by atoms with Gasteiger partial charge in [-0.05, 0) is 43.5 Å². The molecule has 1 fully saturated rings. The molecule has 0 aliphatic heterocycles. The number of nitrogens with zero attached hydrogens (tertiary/aromatic N) is 1. The van der Waals surface area contributed by atoms with E-state index in [1.54, 1.807) is 23.7 Å². The Morgan fingerprint density at radius 2 is 2.00 bits per heavy atom. The molecule has 2 N–H and O–H groups in total. The third kappa shape index (κ3) is 4.50. The van der Waals surface area contributed by atoms with Gasteiger partial charge >= 0.3 is 0 Å². The predicted octanol–water partition coefficient (Wildman–Crippen LogP) is 2.74. The van der Waals surface area contributed by atoms with Gasteiger partial charge in [-0.1, -0.05) is 19.3 Å². The minimum absolute atomic E-state index is 0.307. The summed E-state index contributed by atoms with van der Waals surface area (Å²) < 4.78 is 28.2. The molecule has 0 saturated heterocycles. The van der Waals surface area contributed by atoms with Crippen LogP contribution in [0, 0.1) is 5.92 Å². The van der Waals surface area contributed by atoms with E-state index in [-0.39, 0.29) is 0 Å². The fourth-order valence-corrected chi connectivity index (χ4v) is 4.91. The van der Waals surface area contributed by atoms with Crippen LogP contribution >= 0.6 is 11.3 Å². The van der Waals surface area contributed by atoms with E-state index in [4.69, 9.17) is 0 Å². The molecular formula is C16H23N3O2S2. The Kier molecular flexibility index (Phi) is 5.63. The molecule has 5 nitrogen and oxygen atoms in total. The lowest BCUT2D eigenvalue weighted by Gasteiger charge is -2.21.